The van der Waals surface area contributed by atoms with Gasteiger partial charge in [0.25, 0.3) is 0 Å². The van der Waals surface area contributed by atoms with Crippen molar-refractivity contribution < 1.29 is 22.4 Å². The fraction of sp³-hybridized carbons (Fsp3) is 0.526. The van der Waals surface area contributed by atoms with E-state index in [0.29, 0.717) is 42.1 Å². The summed E-state index contributed by atoms with van der Waals surface area (Å²) in [5.74, 6) is -0.132. The van der Waals surface area contributed by atoms with Crippen LogP contribution in [-0.4, -0.2) is 44.9 Å². The maximum absolute atomic E-state index is 13.1. The van der Waals surface area contributed by atoms with Gasteiger partial charge in [-0.25, -0.2) is 13.2 Å². The van der Waals surface area contributed by atoms with E-state index < -0.39 is 16.0 Å². The number of carbonyl (C=O) groups excluding carboxylic acids is 1. The minimum Gasteiger partial charge on any atom is -0.460 e. The van der Waals surface area contributed by atoms with Crippen LogP contribution >= 0.6 is 0 Å². The lowest BCUT2D eigenvalue weighted by Gasteiger charge is -2.31. The summed E-state index contributed by atoms with van der Waals surface area (Å²) in [6.07, 6.45) is 2.67. The molecular weight excluding hydrogens is 368 g/mol. The van der Waals surface area contributed by atoms with Crippen LogP contribution in [0.15, 0.2) is 27.5 Å². The largest absolute Gasteiger partial charge is 0.460 e. The summed E-state index contributed by atoms with van der Waals surface area (Å²) in [5, 5.41) is 0.606. The molecule has 8 heteroatoms. The first-order valence-corrected chi connectivity index (χ1v) is 10.7. The van der Waals surface area contributed by atoms with E-state index in [-0.39, 0.29) is 17.3 Å². The summed E-state index contributed by atoms with van der Waals surface area (Å²) in [6, 6.07) is 4.71. The molecule has 1 aliphatic heterocycles. The van der Waals surface area contributed by atoms with Gasteiger partial charge < -0.3 is 14.9 Å². The fourth-order valence-corrected chi connectivity index (χ4v) is 5.20. The van der Waals surface area contributed by atoms with Crippen LogP contribution in [0.3, 0.4) is 0 Å². The van der Waals surface area contributed by atoms with Gasteiger partial charge in [-0.1, -0.05) is 0 Å². The normalized spacial score (nSPS) is 18.7. The van der Waals surface area contributed by atoms with Crippen molar-refractivity contribution >= 4 is 27.0 Å². The van der Waals surface area contributed by atoms with Crippen LogP contribution in [0.25, 0.3) is 11.0 Å². The number of esters is 1. The first-order valence-electron chi connectivity index (χ1n) is 9.29. The summed E-state index contributed by atoms with van der Waals surface area (Å²) >= 11 is 0. The number of benzene rings is 1. The van der Waals surface area contributed by atoms with Crippen molar-refractivity contribution in [3.8, 4) is 0 Å². The molecule has 1 saturated heterocycles. The number of hydrogen-bond acceptors (Lipinski definition) is 6. The van der Waals surface area contributed by atoms with E-state index in [2.05, 4.69) is 0 Å². The van der Waals surface area contributed by atoms with Gasteiger partial charge in [0.05, 0.1) is 11.5 Å². The Labute approximate surface area is 159 Å². The maximum atomic E-state index is 13.1. The highest BCUT2D eigenvalue weighted by Crippen LogP contribution is 2.31. The number of fused-ring (bicyclic) bond motifs is 1. The zero-order chi connectivity index (χ0) is 19.6. The molecule has 0 amide bonds. The molecule has 0 spiro atoms. The van der Waals surface area contributed by atoms with Gasteiger partial charge >= 0.3 is 5.97 Å². The molecule has 2 heterocycles. The second-order valence-corrected chi connectivity index (χ2v) is 8.82. The second kappa shape index (κ2) is 8.00. The Morgan fingerprint density at radius 3 is 2.89 bits per heavy atom. The Bertz CT molecular complexity index is 933. The molecule has 0 saturated carbocycles. The summed E-state index contributed by atoms with van der Waals surface area (Å²) in [7, 11) is -3.61. The first-order chi connectivity index (χ1) is 12.9. The van der Waals surface area contributed by atoms with Crippen molar-refractivity contribution in [3.63, 3.8) is 0 Å². The Morgan fingerprint density at radius 2 is 2.19 bits per heavy atom. The Morgan fingerprint density at radius 1 is 1.41 bits per heavy atom. The standard InChI is InChI=1S/C19H26N2O5S/c1-3-25-19(22)18-13(2)16-11-15(6-7-17(16)26-18)27(23,24)21-10-4-5-14(12-21)8-9-20/h6-7,11,14H,3-5,8-10,12,20H2,1-2H3. The van der Waals surface area contributed by atoms with Gasteiger partial charge in [-0.3, -0.25) is 0 Å². The monoisotopic (exact) mass is 394 g/mol. The van der Waals surface area contributed by atoms with Gasteiger partial charge in [-0.15, -0.1) is 0 Å². The van der Waals surface area contributed by atoms with Crippen LogP contribution < -0.4 is 5.73 Å². The molecule has 0 radical (unpaired) electrons. The molecular formula is C19H26N2O5S. The summed E-state index contributed by atoms with van der Waals surface area (Å²) < 4.78 is 38.3. The highest BCUT2D eigenvalue weighted by molar-refractivity contribution is 7.89. The topological polar surface area (TPSA) is 103 Å². The van der Waals surface area contributed by atoms with E-state index in [1.165, 1.54) is 6.07 Å². The van der Waals surface area contributed by atoms with Gasteiger partial charge in [-0.05, 0) is 63.8 Å². The smallest absolute Gasteiger partial charge is 0.374 e. The van der Waals surface area contributed by atoms with Gasteiger partial charge in [0.1, 0.15) is 5.58 Å². The molecule has 148 valence electrons. The molecule has 2 aromatic rings. The van der Waals surface area contributed by atoms with Crippen molar-refractivity contribution in [1.29, 1.82) is 0 Å². The number of hydrogen-bond donors (Lipinski definition) is 1. The van der Waals surface area contributed by atoms with Crippen molar-refractivity contribution in [2.24, 2.45) is 11.7 Å². The molecule has 0 bridgehead atoms. The number of sulfonamides is 1. The number of piperidine rings is 1. The molecule has 27 heavy (non-hydrogen) atoms. The molecule has 1 fully saturated rings. The zero-order valence-corrected chi connectivity index (χ0v) is 16.5. The third-order valence-corrected chi connectivity index (χ3v) is 6.92. The van der Waals surface area contributed by atoms with Gasteiger partial charge in [-0.2, -0.15) is 4.31 Å². The molecule has 3 rings (SSSR count). The number of nitrogens with two attached hydrogens (primary N) is 1. The average Bonchev–Trinajstić information content (AvgIpc) is 2.99. The van der Waals surface area contributed by atoms with E-state index in [9.17, 15) is 13.2 Å². The van der Waals surface area contributed by atoms with Crippen molar-refractivity contribution in [2.45, 2.75) is 38.0 Å². The van der Waals surface area contributed by atoms with E-state index in [1.54, 1.807) is 30.3 Å². The van der Waals surface area contributed by atoms with Gasteiger partial charge in [0.2, 0.25) is 15.8 Å². The molecule has 1 atom stereocenters. The summed E-state index contributed by atoms with van der Waals surface area (Å²) in [5.41, 5.74) is 6.69. The lowest BCUT2D eigenvalue weighted by molar-refractivity contribution is 0.0491. The Balaban J connectivity index is 1.94. The molecule has 2 N–H and O–H groups in total. The molecule has 7 nitrogen and oxygen atoms in total. The van der Waals surface area contributed by atoms with Crippen LogP contribution in [0, 0.1) is 12.8 Å². The van der Waals surface area contributed by atoms with Crippen LogP contribution in [0.4, 0.5) is 0 Å². The minimum atomic E-state index is -3.61. The highest BCUT2D eigenvalue weighted by Gasteiger charge is 2.30. The van der Waals surface area contributed by atoms with Gasteiger partial charge in [0, 0.05) is 24.0 Å². The molecule has 1 aliphatic rings. The van der Waals surface area contributed by atoms with Crippen LogP contribution in [0.1, 0.15) is 42.3 Å². The van der Waals surface area contributed by atoms with Crippen molar-refractivity contribution in [3.05, 3.63) is 29.5 Å². The third kappa shape index (κ3) is 3.88. The number of ether oxygens (including phenoxy) is 1. The molecule has 1 unspecified atom stereocenters. The number of furan rings is 1. The Kier molecular flexibility index (Phi) is 5.88. The van der Waals surface area contributed by atoms with Crippen LogP contribution in [0.5, 0.6) is 0 Å². The van der Waals surface area contributed by atoms with E-state index in [1.807, 2.05) is 0 Å². The lowest BCUT2D eigenvalue weighted by atomic mass is 9.96. The minimum absolute atomic E-state index is 0.113. The van der Waals surface area contributed by atoms with E-state index in [4.69, 9.17) is 14.9 Å². The zero-order valence-electron chi connectivity index (χ0n) is 15.7. The number of aryl methyl sites for hydroxylation is 1. The SMILES string of the molecule is CCOC(=O)c1oc2ccc(S(=O)(=O)N3CCCC(CCN)C3)cc2c1C. The second-order valence-electron chi connectivity index (χ2n) is 6.88. The quantitative estimate of drug-likeness (QED) is 0.756. The lowest BCUT2D eigenvalue weighted by Crippen LogP contribution is -2.40. The van der Waals surface area contributed by atoms with Crippen molar-refractivity contribution in [2.75, 3.05) is 26.2 Å². The fourth-order valence-electron chi connectivity index (χ4n) is 3.62. The molecule has 1 aromatic heterocycles. The Hall–Kier alpha value is -1.90. The van der Waals surface area contributed by atoms with Crippen molar-refractivity contribution in [1.82, 2.24) is 4.31 Å². The number of rotatable bonds is 6. The molecule has 0 aliphatic carbocycles. The number of carbonyl (C=O) groups is 1. The van der Waals surface area contributed by atoms with Crippen LogP contribution in [-0.2, 0) is 14.8 Å². The first kappa shape index (κ1) is 19.9. The average molecular weight is 394 g/mol. The predicted molar refractivity (Wildman–Crippen MR) is 102 cm³/mol. The predicted octanol–water partition coefficient (Wildman–Crippen LogP) is 2.67. The highest BCUT2D eigenvalue weighted by atomic mass is 32.2. The van der Waals surface area contributed by atoms with Crippen LogP contribution in [0.2, 0.25) is 0 Å². The van der Waals surface area contributed by atoms with E-state index in [0.717, 1.165) is 19.3 Å². The number of nitrogens with zero attached hydrogens (tertiary/aromatic N) is 1. The maximum Gasteiger partial charge on any atom is 0.374 e. The van der Waals surface area contributed by atoms with E-state index >= 15 is 0 Å². The molecule has 1 aromatic carbocycles. The van der Waals surface area contributed by atoms with Gasteiger partial charge in [0.15, 0.2) is 0 Å². The summed E-state index contributed by atoms with van der Waals surface area (Å²) in [6.45, 7) is 5.27. The summed E-state index contributed by atoms with van der Waals surface area (Å²) in [4.78, 5) is 12.2. The third-order valence-electron chi connectivity index (χ3n) is 5.06.